The number of rotatable bonds is 9. The third-order valence-corrected chi connectivity index (χ3v) is 7.74. The summed E-state index contributed by atoms with van der Waals surface area (Å²) in [5.41, 5.74) is 3.66. The molecule has 12 heteroatoms. The van der Waals surface area contributed by atoms with Crippen LogP contribution in [0.1, 0.15) is 44.9 Å². The molecule has 0 unspecified atom stereocenters. The van der Waals surface area contributed by atoms with Gasteiger partial charge in [-0.2, -0.15) is 15.0 Å². The molecule has 37 heavy (non-hydrogen) atoms. The highest BCUT2D eigenvalue weighted by Gasteiger charge is 2.24. The van der Waals surface area contributed by atoms with Crippen LogP contribution in [-0.4, -0.2) is 74.5 Å². The van der Waals surface area contributed by atoms with Crippen molar-refractivity contribution in [1.29, 1.82) is 0 Å². The maximum Gasteiger partial charge on any atom is 0.303 e. The van der Waals surface area contributed by atoms with E-state index in [4.69, 9.17) is 15.1 Å². The number of carbonyl (C=O) groups excluding carboxylic acids is 1. The first-order chi connectivity index (χ1) is 18.0. The van der Waals surface area contributed by atoms with E-state index in [9.17, 15) is 9.59 Å². The Morgan fingerprint density at radius 2 is 1.78 bits per heavy atom. The second-order valence-electron chi connectivity index (χ2n) is 9.59. The van der Waals surface area contributed by atoms with Crippen LogP contribution in [0.15, 0.2) is 23.7 Å². The van der Waals surface area contributed by atoms with Crippen LogP contribution < -0.4 is 15.5 Å². The van der Waals surface area contributed by atoms with Gasteiger partial charge in [-0.3, -0.25) is 9.59 Å². The fraction of sp³-hybridized carbons (Fsp3) is 0.520. The number of hydrogen-bond acceptors (Lipinski definition) is 10. The predicted molar refractivity (Wildman–Crippen MR) is 143 cm³/mol. The number of hydrogen-bond donors (Lipinski definition) is 3. The first-order valence-electron chi connectivity index (χ1n) is 12.9. The molecule has 1 saturated heterocycles. The minimum absolute atomic E-state index is 0.0223. The Hall–Kier alpha value is -3.54. The summed E-state index contributed by atoms with van der Waals surface area (Å²) in [4.78, 5) is 45.3. The van der Waals surface area contributed by atoms with Crippen molar-refractivity contribution in [2.24, 2.45) is 5.92 Å². The summed E-state index contributed by atoms with van der Waals surface area (Å²) in [7, 11) is 0. The van der Waals surface area contributed by atoms with Crippen LogP contribution in [0.25, 0.3) is 10.2 Å². The zero-order valence-corrected chi connectivity index (χ0v) is 21.5. The summed E-state index contributed by atoms with van der Waals surface area (Å²) in [5.74, 6) is 1.09. The molecule has 1 aromatic carbocycles. The number of aliphatic carboxylic acids is 1. The molecule has 1 aliphatic carbocycles. The van der Waals surface area contributed by atoms with Gasteiger partial charge in [0, 0.05) is 44.8 Å². The summed E-state index contributed by atoms with van der Waals surface area (Å²) in [5, 5.41) is 15.6. The topological polar surface area (TPSA) is 136 Å². The highest BCUT2D eigenvalue weighted by molar-refractivity contribution is 7.16. The molecule has 5 rings (SSSR count). The summed E-state index contributed by atoms with van der Waals surface area (Å²) in [6.07, 6.45) is 6.19. The number of nitrogens with one attached hydrogen (secondary N) is 2. The standard InChI is InChI=1S/C25H32N8O3S/c34-21(8-9-22(35)36)32-10-12-33(13-11-32)25-30-23(26-15-17-4-2-1-3-5-17)29-24(31-25)28-18-6-7-19-20(14-18)37-16-27-19/h6-7,14,16-17H,1-5,8-13,15H2,(H,35,36)(H2,26,28,29,30,31). The lowest BCUT2D eigenvalue weighted by molar-refractivity contribution is -0.141. The Balaban J connectivity index is 1.30. The van der Waals surface area contributed by atoms with E-state index in [-0.39, 0.29) is 18.7 Å². The second-order valence-corrected chi connectivity index (χ2v) is 10.5. The van der Waals surface area contributed by atoms with Gasteiger partial charge in [-0.1, -0.05) is 19.3 Å². The Morgan fingerprint density at radius 3 is 2.57 bits per heavy atom. The van der Waals surface area contributed by atoms with Gasteiger partial charge in [0.25, 0.3) is 0 Å². The van der Waals surface area contributed by atoms with Gasteiger partial charge in [-0.15, -0.1) is 11.3 Å². The van der Waals surface area contributed by atoms with E-state index in [0.29, 0.717) is 49.9 Å². The highest BCUT2D eigenvalue weighted by atomic mass is 32.1. The third-order valence-electron chi connectivity index (χ3n) is 6.95. The van der Waals surface area contributed by atoms with Crippen molar-refractivity contribution in [3.05, 3.63) is 23.7 Å². The Labute approximate surface area is 219 Å². The number of thiazole rings is 1. The van der Waals surface area contributed by atoms with Crippen molar-refractivity contribution in [3.63, 3.8) is 0 Å². The molecule has 0 atom stereocenters. The molecule has 3 N–H and O–H groups in total. The maximum absolute atomic E-state index is 12.3. The number of fused-ring (bicyclic) bond motifs is 1. The smallest absolute Gasteiger partial charge is 0.303 e. The second kappa shape index (κ2) is 11.7. The minimum atomic E-state index is -0.958. The SMILES string of the molecule is O=C(O)CCC(=O)N1CCN(c2nc(NCC3CCCCC3)nc(Nc3ccc4ncsc4c3)n2)CC1. The van der Waals surface area contributed by atoms with Crippen molar-refractivity contribution in [3.8, 4) is 0 Å². The molecule has 196 valence electrons. The molecule has 1 amide bonds. The molecule has 2 aromatic heterocycles. The van der Waals surface area contributed by atoms with Crippen molar-refractivity contribution < 1.29 is 14.7 Å². The molecule has 0 spiro atoms. The summed E-state index contributed by atoms with van der Waals surface area (Å²) in [6, 6.07) is 5.97. The summed E-state index contributed by atoms with van der Waals surface area (Å²) in [6.45, 7) is 2.97. The van der Waals surface area contributed by atoms with Crippen molar-refractivity contribution in [1.82, 2.24) is 24.8 Å². The van der Waals surface area contributed by atoms with Crippen LogP contribution in [-0.2, 0) is 9.59 Å². The van der Waals surface area contributed by atoms with Gasteiger partial charge in [0.15, 0.2) is 0 Å². The van der Waals surface area contributed by atoms with Gasteiger partial charge >= 0.3 is 5.97 Å². The zero-order valence-electron chi connectivity index (χ0n) is 20.7. The zero-order chi connectivity index (χ0) is 25.6. The van der Waals surface area contributed by atoms with Crippen LogP contribution in [0.4, 0.5) is 23.5 Å². The quantitative estimate of drug-likeness (QED) is 0.380. The number of anilines is 4. The number of amides is 1. The Bertz CT molecular complexity index is 1240. The molecule has 0 bridgehead atoms. The number of carboxylic acid groups (broad SMARTS) is 1. The van der Waals surface area contributed by atoms with Crippen LogP contribution in [0.5, 0.6) is 0 Å². The number of carbonyl (C=O) groups is 2. The minimum Gasteiger partial charge on any atom is -0.481 e. The van der Waals surface area contributed by atoms with E-state index in [1.54, 1.807) is 16.2 Å². The van der Waals surface area contributed by atoms with Gasteiger partial charge in [-0.25, -0.2) is 4.98 Å². The molecule has 2 fully saturated rings. The van der Waals surface area contributed by atoms with E-state index < -0.39 is 5.97 Å². The van der Waals surface area contributed by atoms with Crippen molar-refractivity contribution in [2.45, 2.75) is 44.9 Å². The largest absolute Gasteiger partial charge is 0.481 e. The lowest BCUT2D eigenvalue weighted by Gasteiger charge is -2.35. The lowest BCUT2D eigenvalue weighted by Crippen LogP contribution is -2.49. The summed E-state index contributed by atoms with van der Waals surface area (Å²) < 4.78 is 1.08. The van der Waals surface area contributed by atoms with E-state index in [1.165, 1.54) is 32.1 Å². The molecule has 3 aromatic rings. The maximum atomic E-state index is 12.3. The Kier molecular flexibility index (Phi) is 7.93. The molecule has 1 aliphatic heterocycles. The van der Waals surface area contributed by atoms with E-state index >= 15 is 0 Å². The van der Waals surface area contributed by atoms with Crippen LogP contribution >= 0.6 is 11.3 Å². The Morgan fingerprint density at radius 1 is 1.00 bits per heavy atom. The number of carboxylic acids is 1. The molecule has 2 aliphatic rings. The average molecular weight is 525 g/mol. The molecule has 0 radical (unpaired) electrons. The predicted octanol–water partition coefficient (Wildman–Crippen LogP) is 3.73. The number of piperazine rings is 1. The van der Waals surface area contributed by atoms with Crippen LogP contribution in [0.3, 0.4) is 0 Å². The fourth-order valence-electron chi connectivity index (χ4n) is 4.86. The van der Waals surface area contributed by atoms with Gasteiger partial charge in [0.05, 0.1) is 22.1 Å². The summed E-state index contributed by atoms with van der Waals surface area (Å²) >= 11 is 1.58. The average Bonchev–Trinajstić information content (AvgIpc) is 3.39. The van der Waals surface area contributed by atoms with Gasteiger partial charge in [-0.05, 0) is 37.0 Å². The van der Waals surface area contributed by atoms with Crippen molar-refractivity contribution >= 4 is 57.0 Å². The number of benzene rings is 1. The highest BCUT2D eigenvalue weighted by Crippen LogP contribution is 2.26. The van der Waals surface area contributed by atoms with Crippen LogP contribution in [0, 0.1) is 5.92 Å². The van der Waals surface area contributed by atoms with E-state index in [1.807, 2.05) is 28.6 Å². The van der Waals surface area contributed by atoms with E-state index in [0.717, 1.165) is 22.4 Å². The lowest BCUT2D eigenvalue weighted by atomic mass is 9.89. The fourth-order valence-corrected chi connectivity index (χ4v) is 5.57. The van der Waals surface area contributed by atoms with Gasteiger partial charge in [0.2, 0.25) is 23.8 Å². The first-order valence-corrected chi connectivity index (χ1v) is 13.8. The molecule has 3 heterocycles. The molecule has 1 saturated carbocycles. The normalized spacial score (nSPS) is 16.6. The molecular weight excluding hydrogens is 492 g/mol. The molecule has 11 nitrogen and oxygen atoms in total. The van der Waals surface area contributed by atoms with Crippen molar-refractivity contribution in [2.75, 3.05) is 48.3 Å². The number of aromatic nitrogens is 4. The van der Waals surface area contributed by atoms with Gasteiger partial charge < -0.3 is 25.5 Å². The first kappa shape index (κ1) is 25.1. The van der Waals surface area contributed by atoms with Crippen LogP contribution in [0.2, 0.25) is 0 Å². The third kappa shape index (κ3) is 6.62. The van der Waals surface area contributed by atoms with Gasteiger partial charge in [0.1, 0.15) is 0 Å². The monoisotopic (exact) mass is 524 g/mol. The number of nitrogens with zero attached hydrogens (tertiary/aromatic N) is 6. The molecular formula is C25H32N8O3S. The van der Waals surface area contributed by atoms with E-state index in [2.05, 4.69) is 20.6 Å².